The van der Waals surface area contributed by atoms with Gasteiger partial charge >= 0.3 is 0 Å². The Hall–Kier alpha value is -2.74. The van der Waals surface area contributed by atoms with Crippen LogP contribution in [0.25, 0.3) is 0 Å². The van der Waals surface area contributed by atoms with Crippen LogP contribution in [0.15, 0.2) is 42.6 Å². The van der Waals surface area contributed by atoms with E-state index in [0.29, 0.717) is 11.3 Å². The number of aromatic nitrogens is 1. The van der Waals surface area contributed by atoms with E-state index in [1.165, 1.54) is 12.1 Å². The topological polar surface area (TPSA) is 65.8 Å². The molecule has 0 aliphatic carbocycles. The molecule has 88 valence electrons. The summed E-state index contributed by atoms with van der Waals surface area (Å²) in [6.45, 7) is 0. The summed E-state index contributed by atoms with van der Waals surface area (Å²) >= 11 is 0. The Labute approximate surface area is 103 Å². The largest absolute Gasteiger partial charge is 0.321 e. The zero-order valence-electron chi connectivity index (χ0n) is 9.22. The first kappa shape index (κ1) is 11.7. The molecule has 0 saturated carbocycles. The van der Waals surface area contributed by atoms with Crippen molar-refractivity contribution in [1.82, 2.24) is 4.98 Å². The quantitative estimate of drug-likeness (QED) is 0.877. The second-order valence-corrected chi connectivity index (χ2v) is 3.50. The van der Waals surface area contributed by atoms with E-state index in [-0.39, 0.29) is 5.69 Å². The van der Waals surface area contributed by atoms with Gasteiger partial charge in [-0.3, -0.25) is 4.79 Å². The predicted molar refractivity (Wildman–Crippen MR) is 63.3 cm³/mol. The van der Waals surface area contributed by atoms with Gasteiger partial charge in [0.2, 0.25) is 0 Å². The Balaban J connectivity index is 2.11. The fourth-order valence-electron chi connectivity index (χ4n) is 1.33. The Kier molecular flexibility index (Phi) is 3.30. The van der Waals surface area contributed by atoms with Gasteiger partial charge in [0.1, 0.15) is 11.5 Å². The number of anilines is 1. The molecular weight excluding hydrogens is 233 g/mol. The molecule has 1 aromatic carbocycles. The molecule has 1 aromatic heterocycles. The van der Waals surface area contributed by atoms with Gasteiger partial charge in [-0.15, -0.1) is 0 Å². The van der Waals surface area contributed by atoms with Crippen LogP contribution < -0.4 is 5.32 Å². The zero-order chi connectivity index (χ0) is 13.0. The Bertz CT molecular complexity index is 600. The smallest absolute Gasteiger partial charge is 0.274 e. The van der Waals surface area contributed by atoms with Crippen molar-refractivity contribution in [3.63, 3.8) is 0 Å². The molecule has 18 heavy (non-hydrogen) atoms. The highest BCUT2D eigenvalue weighted by molar-refractivity contribution is 6.02. The molecule has 1 heterocycles. The number of carbonyl (C=O) groups is 1. The van der Waals surface area contributed by atoms with Crippen molar-refractivity contribution in [2.75, 3.05) is 5.32 Å². The number of pyridine rings is 1. The monoisotopic (exact) mass is 241 g/mol. The number of rotatable bonds is 2. The van der Waals surface area contributed by atoms with Crippen LogP contribution in [0.5, 0.6) is 0 Å². The molecular formula is C13H8FN3O. The number of nitrogens with one attached hydrogen (secondary N) is 1. The number of halogens is 1. The average molecular weight is 241 g/mol. The van der Waals surface area contributed by atoms with Crippen LogP contribution in [0, 0.1) is 17.1 Å². The second-order valence-electron chi connectivity index (χ2n) is 3.50. The van der Waals surface area contributed by atoms with Crippen LogP contribution in [-0.2, 0) is 0 Å². The van der Waals surface area contributed by atoms with Crippen LogP contribution in [0.4, 0.5) is 10.1 Å². The minimum atomic E-state index is -0.495. The fraction of sp³-hybridized carbons (Fsp3) is 0. The normalized spacial score (nSPS) is 9.56. The van der Waals surface area contributed by atoms with Crippen molar-refractivity contribution in [3.8, 4) is 6.07 Å². The lowest BCUT2D eigenvalue weighted by Gasteiger charge is -2.04. The molecule has 1 amide bonds. The van der Waals surface area contributed by atoms with E-state index in [1.807, 2.05) is 6.07 Å². The van der Waals surface area contributed by atoms with Crippen molar-refractivity contribution in [2.45, 2.75) is 0 Å². The number of hydrogen-bond donors (Lipinski definition) is 1. The van der Waals surface area contributed by atoms with Gasteiger partial charge in [0.25, 0.3) is 5.91 Å². The summed E-state index contributed by atoms with van der Waals surface area (Å²) in [7, 11) is 0. The molecule has 2 aromatic rings. The number of hydrogen-bond acceptors (Lipinski definition) is 3. The van der Waals surface area contributed by atoms with Crippen molar-refractivity contribution in [1.29, 1.82) is 5.26 Å². The first-order valence-electron chi connectivity index (χ1n) is 5.12. The SMILES string of the molecule is N#Cc1ccc(NC(=O)c2ccc(F)cn2)cc1. The number of amides is 1. The third-order valence-corrected chi connectivity index (χ3v) is 2.23. The highest BCUT2D eigenvalue weighted by atomic mass is 19.1. The van der Waals surface area contributed by atoms with Gasteiger partial charge in [-0.05, 0) is 36.4 Å². The van der Waals surface area contributed by atoms with E-state index < -0.39 is 11.7 Å². The summed E-state index contributed by atoms with van der Waals surface area (Å²) in [6, 6.07) is 10.9. The molecule has 0 bridgehead atoms. The molecule has 1 N–H and O–H groups in total. The zero-order valence-corrected chi connectivity index (χ0v) is 9.22. The molecule has 0 spiro atoms. The van der Waals surface area contributed by atoms with Gasteiger partial charge < -0.3 is 5.32 Å². The summed E-state index contributed by atoms with van der Waals surface area (Å²) in [6.07, 6.45) is 0.980. The van der Waals surface area contributed by atoms with Crippen molar-refractivity contribution >= 4 is 11.6 Å². The molecule has 0 radical (unpaired) electrons. The maximum Gasteiger partial charge on any atom is 0.274 e. The molecule has 0 aliphatic heterocycles. The summed E-state index contributed by atoms with van der Waals surface area (Å²) in [5.41, 5.74) is 1.18. The molecule has 0 fully saturated rings. The fourth-order valence-corrected chi connectivity index (χ4v) is 1.33. The van der Waals surface area contributed by atoms with Gasteiger partial charge in [0.05, 0.1) is 17.8 Å². The molecule has 5 heteroatoms. The van der Waals surface area contributed by atoms with Gasteiger partial charge in [-0.25, -0.2) is 9.37 Å². The minimum absolute atomic E-state index is 0.126. The number of benzene rings is 1. The first-order chi connectivity index (χ1) is 8.69. The molecule has 0 aliphatic rings. The van der Waals surface area contributed by atoms with Crippen molar-refractivity contribution in [2.24, 2.45) is 0 Å². The maximum atomic E-state index is 12.6. The van der Waals surface area contributed by atoms with Gasteiger partial charge in [-0.2, -0.15) is 5.26 Å². The Morgan fingerprint density at radius 3 is 2.50 bits per heavy atom. The molecule has 2 rings (SSSR count). The third kappa shape index (κ3) is 2.68. The van der Waals surface area contributed by atoms with E-state index in [4.69, 9.17) is 5.26 Å². The first-order valence-corrected chi connectivity index (χ1v) is 5.12. The van der Waals surface area contributed by atoms with Gasteiger partial charge in [0.15, 0.2) is 0 Å². The Morgan fingerprint density at radius 2 is 1.94 bits per heavy atom. The lowest BCUT2D eigenvalue weighted by Crippen LogP contribution is -2.13. The summed E-state index contributed by atoms with van der Waals surface area (Å²) in [4.78, 5) is 15.4. The molecule has 0 saturated heterocycles. The Morgan fingerprint density at radius 1 is 1.22 bits per heavy atom. The highest BCUT2D eigenvalue weighted by Crippen LogP contribution is 2.10. The van der Waals surface area contributed by atoms with Gasteiger partial charge in [-0.1, -0.05) is 0 Å². The highest BCUT2D eigenvalue weighted by Gasteiger charge is 2.07. The second kappa shape index (κ2) is 5.06. The molecule has 0 atom stereocenters. The minimum Gasteiger partial charge on any atom is -0.321 e. The lowest BCUT2D eigenvalue weighted by molar-refractivity contribution is 0.102. The van der Waals surface area contributed by atoms with Gasteiger partial charge in [0, 0.05) is 5.69 Å². The van der Waals surface area contributed by atoms with Crippen molar-refractivity contribution in [3.05, 3.63) is 59.7 Å². The molecule has 4 nitrogen and oxygen atoms in total. The number of nitrogens with zero attached hydrogens (tertiary/aromatic N) is 2. The third-order valence-electron chi connectivity index (χ3n) is 2.23. The van der Waals surface area contributed by atoms with Crippen LogP contribution in [0.1, 0.15) is 16.1 Å². The summed E-state index contributed by atoms with van der Waals surface area (Å²) < 4.78 is 12.6. The standard InChI is InChI=1S/C13H8FN3O/c14-10-3-6-12(16-8-10)13(18)17-11-4-1-9(7-15)2-5-11/h1-6,8H,(H,17,18). The van der Waals surface area contributed by atoms with E-state index >= 15 is 0 Å². The van der Waals surface area contributed by atoms with E-state index in [2.05, 4.69) is 10.3 Å². The number of nitriles is 1. The van der Waals surface area contributed by atoms with E-state index in [0.717, 1.165) is 6.20 Å². The van der Waals surface area contributed by atoms with E-state index in [9.17, 15) is 9.18 Å². The van der Waals surface area contributed by atoms with Crippen molar-refractivity contribution < 1.29 is 9.18 Å². The van der Waals surface area contributed by atoms with E-state index in [1.54, 1.807) is 24.3 Å². The number of carbonyl (C=O) groups excluding carboxylic acids is 1. The molecule has 0 unspecified atom stereocenters. The summed E-state index contributed by atoms with van der Waals surface area (Å²) in [5, 5.41) is 11.2. The van der Waals surface area contributed by atoms with Crippen LogP contribution >= 0.6 is 0 Å². The van der Waals surface area contributed by atoms with Crippen LogP contribution in [0.2, 0.25) is 0 Å². The van der Waals surface area contributed by atoms with Crippen LogP contribution in [0.3, 0.4) is 0 Å². The van der Waals surface area contributed by atoms with Crippen LogP contribution in [-0.4, -0.2) is 10.9 Å². The maximum absolute atomic E-state index is 12.6. The lowest BCUT2D eigenvalue weighted by atomic mass is 10.2. The predicted octanol–water partition coefficient (Wildman–Crippen LogP) is 2.34. The average Bonchev–Trinajstić information content (AvgIpc) is 2.40. The summed E-state index contributed by atoms with van der Waals surface area (Å²) in [5.74, 6) is -0.926.